The lowest BCUT2D eigenvalue weighted by Crippen LogP contribution is -2.40. The summed E-state index contributed by atoms with van der Waals surface area (Å²) in [5.74, 6) is 0. The number of thiocarbonyl (C=S) groups is 1. The summed E-state index contributed by atoms with van der Waals surface area (Å²) >= 11 is 4.72. The van der Waals surface area contributed by atoms with Crippen molar-refractivity contribution in [2.24, 2.45) is 5.73 Å². The molecule has 94 valence electrons. The number of hydrogen-bond acceptors (Lipinski definition) is 3. The maximum Gasteiger partial charge on any atom is 0.223 e. The number of hydrogen-bond donors (Lipinski definition) is 1. The van der Waals surface area contributed by atoms with Crippen molar-refractivity contribution in [1.82, 2.24) is 4.31 Å². The van der Waals surface area contributed by atoms with Crippen molar-refractivity contribution in [2.75, 3.05) is 7.05 Å². The van der Waals surface area contributed by atoms with Crippen LogP contribution in [0.15, 0.2) is 30.3 Å². The van der Waals surface area contributed by atoms with E-state index in [2.05, 4.69) is 0 Å². The van der Waals surface area contributed by atoms with Crippen molar-refractivity contribution in [3.05, 3.63) is 35.9 Å². The fourth-order valence-corrected chi connectivity index (χ4v) is 2.87. The quantitative estimate of drug-likeness (QED) is 0.816. The first-order valence-corrected chi connectivity index (χ1v) is 7.05. The lowest BCUT2D eigenvalue weighted by atomic mass is 10.2. The van der Waals surface area contributed by atoms with Gasteiger partial charge in [0.1, 0.15) is 5.25 Å². The van der Waals surface area contributed by atoms with Gasteiger partial charge in [-0.3, -0.25) is 0 Å². The second-order valence-electron chi connectivity index (χ2n) is 3.83. The van der Waals surface area contributed by atoms with Gasteiger partial charge >= 0.3 is 0 Å². The largest absolute Gasteiger partial charge is 0.392 e. The molecule has 0 aliphatic carbocycles. The van der Waals surface area contributed by atoms with Crippen LogP contribution in [0.1, 0.15) is 12.5 Å². The fourth-order valence-electron chi connectivity index (χ4n) is 1.35. The molecule has 1 aromatic carbocycles. The van der Waals surface area contributed by atoms with Crippen molar-refractivity contribution in [1.29, 1.82) is 0 Å². The van der Waals surface area contributed by atoms with Crippen LogP contribution in [0.3, 0.4) is 0 Å². The molecule has 1 atom stereocenters. The molecule has 0 saturated heterocycles. The van der Waals surface area contributed by atoms with Crippen LogP contribution in [0, 0.1) is 0 Å². The summed E-state index contributed by atoms with van der Waals surface area (Å²) in [6, 6.07) is 9.37. The van der Waals surface area contributed by atoms with E-state index >= 15 is 0 Å². The highest BCUT2D eigenvalue weighted by atomic mass is 32.2. The van der Waals surface area contributed by atoms with Gasteiger partial charge in [-0.25, -0.2) is 12.7 Å². The first-order valence-electron chi connectivity index (χ1n) is 5.14. The monoisotopic (exact) mass is 272 g/mol. The van der Waals surface area contributed by atoms with Crippen LogP contribution in [-0.4, -0.2) is 30.0 Å². The number of nitrogens with zero attached hydrogens (tertiary/aromatic N) is 1. The highest BCUT2D eigenvalue weighted by Crippen LogP contribution is 2.11. The lowest BCUT2D eigenvalue weighted by Gasteiger charge is -2.21. The third-order valence-corrected chi connectivity index (χ3v) is 5.18. The Labute approximate surface area is 107 Å². The molecule has 0 aromatic heterocycles. The molecule has 1 rings (SSSR count). The predicted molar refractivity (Wildman–Crippen MR) is 73.1 cm³/mol. The number of benzene rings is 1. The third kappa shape index (κ3) is 3.49. The SMILES string of the molecule is CC(C(N)=S)S(=O)(=O)N(C)Cc1ccccc1. The van der Waals surface area contributed by atoms with Crippen LogP contribution in [0.25, 0.3) is 0 Å². The van der Waals surface area contributed by atoms with Gasteiger partial charge < -0.3 is 5.73 Å². The average molecular weight is 272 g/mol. The molecule has 17 heavy (non-hydrogen) atoms. The Morgan fingerprint density at radius 3 is 2.41 bits per heavy atom. The van der Waals surface area contributed by atoms with E-state index in [1.54, 1.807) is 0 Å². The topological polar surface area (TPSA) is 63.4 Å². The van der Waals surface area contributed by atoms with Gasteiger partial charge in [0.15, 0.2) is 0 Å². The molecule has 0 heterocycles. The van der Waals surface area contributed by atoms with E-state index in [0.29, 0.717) is 6.54 Å². The molecular weight excluding hydrogens is 256 g/mol. The summed E-state index contributed by atoms with van der Waals surface area (Å²) in [6.45, 7) is 1.81. The van der Waals surface area contributed by atoms with Crippen molar-refractivity contribution < 1.29 is 8.42 Å². The summed E-state index contributed by atoms with van der Waals surface area (Å²) in [7, 11) is -1.94. The first-order chi connectivity index (χ1) is 7.85. The Balaban J connectivity index is 2.84. The molecule has 4 nitrogen and oxygen atoms in total. The Hall–Kier alpha value is -0.980. The van der Waals surface area contributed by atoms with Crippen LogP contribution in [0.5, 0.6) is 0 Å². The molecule has 1 aromatic rings. The molecule has 0 amide bonds. The van der Waals surface area contributed by atoms with Crippen molar-refractivity contribution in [2.45, 2.75) is 18.7 Å². The third-order valence-electron chi connectivity index (χ3n) is 2.53. The van der Waals surface area contributed by atoms with E-state index < -0.39 is 15.3 Å². The molecule has 0 aliphatic heterocycles. The van der Waals surface area contributed by atoms with E-state index in [0.717, 1.165) is 5.56 Å². The minimum Gasteiger partial charge on any atom is -0.392 e. The lowest BCUT2D eigenvalue weighted by molar-refractivity contribution is 0.464. The number of rotatable bonds is 5. The second-order valence-corrected chi connectivity index (χ2v) is 6.66. The normalized spacial score (nSPS) is 13.6. The van der Waals surface area contributed by atoms with Crippen LogP contribution in [0.2, 0.25) is 0 Å². The van der Waals surface area contributed by atoms with E-state index in [1.165, 1.54) is 18.3 Å². The molecule has 2 N–H and O–H groups in total. The van der Waals surface area contributed by atoms with Gasteiger partial charge in [-0.1, -0.05) is 42.5 Å². The molecule has 0 fully saturated rings. The second kappa shape index (κ2) is 5.57. The zero-order valence-corrected chi connectivity index (χ0v) is 11.5. The van der Waals surface area contributed by atoms with E-state index in [4.69, 9.17) is 18.0 Å². The average Bonchev–Trinajstić information content (AvgIpc) is 2.29. The van der Waals surface area contributed by atoms with Crippen LogP contribution in [0.4, 0.5) is 0 Å². The zero-order valence-electron chi connectivity index (χ0n) is 9.83. The zero-order chi connectivity index (χ0) is 13.1. The number of sulfonamides is 1. The van der Waals surface area contributed by atoms with Crippen molar-refractivity contribution in [3.8, 4) is 0 Å². The molecule has 6 heteroatoms. The van der Waals surface area contributed by atoms with Gasteiger partial charge in [0.05, 0.1) is 4.99 Å². The van der Waals surface area contributed by atoms with Crippen LogP contribution < -0.4 is 5.73 Å². The maximum absolute atomic E-state index is 12.0. The van der Waals surface area contributed by atoms with Crippen LogP contribution >= 0.6 is 12.2 Å². The van der Waals surface area contributed by atoms with E-state index in [1.807, 2.05) is 30.3 Å². The number of nitrogens with two attached hydrogens (primary N) is 1. The summed E-state index contributed by atoms with van der Waals surface area (Å²) in [4.78, 5) is -0.00934. The van der Waals surface area contributed by atoms with Gasteiger partial charge in [-0.05, 0) is 12.5 Å². The van der Waals surface area contributed by atoms with E-state index in [-0.39, 0.29) is 4.99 Å². The minimum atomic E-state index is -3.47. The molecule has 0 spiro atoms. The molecule has 0 bridgehead atoms. The Bertz CT molecular complexity index is 485. The Morgan fingerprint density at radius 2 is 1.94 bits per heavy atom. The van der Waals surface area contributed by atoms with Gasteiger partial charge in [-0.2, -0.15) is 0 Å². The summed E-state index contributed by atoms with van der Waals surface area (Å²) in [5.41, 5.74) is 6.30. The van der Waals surface area contributed by atoms with E-state index in [9.17, 15) is 8.42 Å². The van der Waals surface area contributed by atoms with Gasteiger partial charge in [-0.15, -0.1) is 0 Å². The first kappa shape index (κ1) is 14.1. The van der Waals surface area contributed by atoms with Crippen molar-refractivity contribution in [3.63, 3.8) is 0 Å². The standard InChI is InChI=1S/C11H16N2O2S2/c1-9(11(12)16)17(14,15)13(2)8-10-6-4-3-5-7-10/h3-7,9H,8H2,1-2H3,(H2,12,16). The molecule has 0 radical (unpaired) electrons. The Kier molecular flexibility index (Phi) is 4.62. The highest BCUT2D eigenvalue weighted by molar-refractivity contribution is 7.92. The van der Waals surface area contributed by atoms with Gasteiger partial charge in [0.25, 0.3) is 0 Å². The highest BCUT2D eigenvalue weighted by Gasteiger charge is 2.27. The van der Waals surface area contributed by atoms with Gasteiger partial charge in [0.2, 0.25) is 10.0 Å². The van der Waals surface area contributed by atoms with Crippen molar-refractivity contribution >= 4 is 27.2 Å². The van der Waals surface area contributed by atoms with Gasteiger partial charge in [0, 0.05) is 13.6 Å². The molecule has 0 saturated carbocycles. The molecular formula is C11H16N2O2S2. The summed E-state index contributed by atoms with van der Waals surface area (Å²) in [6.07, 6.45) is 0. The summed E-state index contributed by atoms with van der Waals surface area (Å²) < 4.78 is 25.3. The van der Waals surface area contributed by atoms with Crippen LogP contribution in [-0.2, 0) is 16.6 Å². The smallest absolute Gasteiger partial charge is 0.223 e. The molecule has 1 unspecified atom stereocenters. The minimum absolute atomic E-state index is 0.00934. The Morgan fingerprint density at radius 1 is 1.41 bits per heavy atom. The maximum atomic E-state index is 12.0. The molecule has 0 aliphatic rings. The predicted octanol–water partition coefficient (Wildman–Crippen LogP) is 1.12. The fraction of sp³-hybridized carbons (Fsp3) is 0.364. The summed E-state index contributed by atoms with van der Waals surface area (Å²) in [5, 5.41) is -0.841.